The van der Waals surface area contributed by atoms with Gasteiger partial charge in [-0.3, -0.25) is 0 Å². The van der Waals surface area contributed by atoms with Crippen molar-refractivity contribution in [2.45, 2.75) is 51.6 Å². The number of fused-ring (bicyclic) bond motifs is 1. The Balaban J connectivity index is 1.83. The molecule has 3 rings (SSSR count). The van der Waals surface area contributed by atoms with Crippen LogP contribution in [0.3, 0.4) is 0 Å². The summed E-state index contributed by atoms with van der Waals surface area (Å²) < 4.78 is 0. The molecule has 0 radical (unpaired) electrons. The van der Waals surface area contributed by atoms with Gasteiger partial charge in [-0.1, -0.05) is 44.4 Å². The van der Waals surface area contributed by atoms with E-state index in [-0.39, 0.29) is 0 Å². The molecule has 0 amide bonds. The summed E-state index contributed by atoms with van der Waals surface area (Å²) in [5.74, 6) is 0.946. The zero-order valence-corrected chi connectivity index (χ0v) is 12.1. The van der Waals surface area contributed by atoms with Crippen molar-refractivity contribution in [3.8, 4) is 0 Å². The average molecular weight is 258 g/mol. The van der Waals surface area contributed by atoms with Crippen molar-refractivity contribution < 1.29 is 0 Å². The van der Waals surface area contributed by atoms with E-state index in [0.717, 1.165) is 31.6 Å². The number of nitrogens with one attached hydrogen (secondary N) is 1. The van der Waals surface area contributed by atoms with Crippen LogP contribution in [0, 0.1) is 5.92 Å². The second kappa shape index (κ2) is 5.96. The van der Waals surface area contributed by atoms with Gasteiger partial charge in [-0.25, -0.2) is 0 Å². The predicted molar refractivity (Wildman–Crippen MR) is 81.5 cm³/mol. The maximum Gasteiger partial charge on any atom is 0.0414 e. The molecule has 1 fully saturated rings. The third kappa shape index (κ3) is 2.79. The topological polar surface area (TPSA) is 15.3 Å². The molecule has 2 heteroatoms. The molecule has 1 aromatic rings. The lowest BCUT2D eigenvalue weighted by molar-refractivity contribution is 0.303. The zero-order valence-electron chi connectivity index (χ0n) is 12.1. The monoisotopic (exact) mass is 258 g/mol. The van der Waals surface area contributed by atoms with Gasteiger partial charge in [-0.15, -0.1) is 0 Å². The molecule has 1 N–H and O–H groups in total. The van der Waals surface area contributed by atoms with Crippen molar-refractivity contribution in [1.29, 1.82) is 0 Å². The minimum atomic E-state index is 0.764. The van der Waals surface area contributed by atoms with Gasteiger partial charge >= 0.3 is 0 Å². The van der Waals surface area contributed by atoms with E-state index in [1.54, 1.807) is 0 Å². The molecule has 1 saturated carbocycles. The second-order valence-corrected chi connectivity index (χ2v) is 6.09. The number of hydrogen-bond donors (Lipinski definition) is 1. The fraction of sp³-hybridized carbons (Fsp3) is 0.647. The van der Waals surface area contributed by atoms with Crippen molar-refractivity contribution in [2.75, 3.05) is 18.0 Å². The minimum absolute atomic E-state index is 0.764. The number of rotatable bonds is 2. The lowest BCUT2D eigenvalue weighted by Crippen LogP contribution is -2.41. The third-order valence-corrected chi connectivity index (χ3v) is 4.92. The quantitative estimate of drug-likeness (QED) is 0.872. The molecular weight excluding hydrogens is 232 g/mol. The van der Waals surface area contributed by atoms with Crippen LogP contribution in [0.5, 0.6) is 0 Å². The van der Waals surface area contributed by atoms with E-state index in [9.17, 15) is 0 Å². The maximum atomic E-state index is 3.56. The van der Waals surface area contributed by atoms with Crippen molar-refractivity contribution >= 4 is 5.69 Å². The van der Waals surface area contributed by atoms with Gasteiger partial charge in [0.2, 0.25) is 0 Å². The molecule has 0 saturated heterocycles. The minimum Gasteiger partial charge on any atom is -0.367 e. The van der Waals surface area contributed by atoms with Gasteiger partial charge in [0.25, 0.3) is 0 Å². The first-order chi connectivity index (χ1) is 9.38. The summed E-state index contributed by atoms with van der Waals surface area (Å²) in [5, 5.41) is 3.56. The first-order valence-corrected chi connectivity index (χ1v) is 7.93. The fourth-order valence-electron chi connectivity index (χ4n) is 3.78. The Bertz CT molecular complexity index is 415. The summed E-state index contributed by atoms with van der Waals surface area (Å²) in [7, 11) is 0. The van der Waals surface area contributed by atoms with Gasteiger partial charge in [-0.2, -0.15) is 0 Å². The molecule has 2 aliphatic rings. The highest BCUT2D eigenvalue weighted by Gasteiger charge is 2.27. The number of benzene rings is 1. The van der Waals surface area contributed by atoms with Crippen LogP contribution in [-0.4, -0.2) is 19.1 Å². The molecule has 19 heavy (non-hydrogen) atoms. The zero-order chi connectivity index (χ0) is 13.1. The van der Waals surface area contributed by atoms with Crippen molar-refractivity contribution in [3.05, 3.63) is 29.8 Å². The molecule has 0 aromatic heterocycles. The van der Waals surface area contributed by atoms with Crippen LogP contribution >= 0.6 is 0 Å². The smallest absolute Gasteiger partial charge is 0.0414 e. The molecule has 1 aromatic carbocycles. The first kappa shape index (κ1) is 13.0. The van der Waals surface area contributed by atoms with E-state index < -0.39 is 0 Å². The molecule has 1 aliphatic carbocycles. The lowest BCUT2D eigenvalue weighted by atomic mass is 9.83. The van der Waals surface area contributed by atoms with E-state index in [2.05, 4.69) is 41.4 Å². The predicted octanol–water partition coefficient (Wildman–Crippen LogP) is 3.57. The SMILES string of the molecule is CCC1CCCC(N2CCNCc3ccccc32)C1. The van der Waals surface area contributed by atoms with Gasteiger partial charge in [0.1, 0.15) is 0 Å². The first-order valence-electron chi connectivity index (χ1n) is 7.93. The van der Waals surface area contributed by atoms with E-state index in [4.69, 9.17) is 0 Å². The van der Waals surface area contributed by atoms with Crippen LogP contribution in [0.2, 0.25) is 0 Å². The van der Waals surface area contributed by atoms with Gasteiger partial charge in [0.05, 0.1) is 0 Å². The normalized spacial score (nSPS) is 27.7. The van der Waals surface area contributed by atoms with Gasteiger partial charge < -0.3 is 10.2 Å². The van der Waals surface area contributed by atoms with Gasteiger partial charge in [-0.05, 0) is 30.4 Å². The second-order valence-electron chi connectivity index (χ2n) is 6.09. The van der Waals surface area contributed by atoms with E-state index in [1.807, 2.05) is 0 Å². The highest BCUT2D eigenvalue weighted by Crippen LogP contribution is 2.34. The van der Waals surface area contributed by atoms with Crippen LogP contribution in [0.25, 0.3) is 0 Å². The van der Waals surface area contributed by atoms with Crippen LogP contribution < -0.4 is 10.2 Å². The Labute approximate surface area is 117 Å². The van der Waals surface area contributed by atoms with Crippen LogP contribution in [-0.2, 0) is 6.54 Å². The summed E-state index contributed by atoms with van der Waals surface area (Å²) in [6, 6.07) is 9.72. The highest BCUT2D eigenvalue weighted by atomic mass is 15.2. The molecule has 2 nitrogen and oxygen atoms in total. The third-order valence-electron chi connectivity index (χ3n) is 4.92. The molecule has 1 aliphatic heterocycles. The molecule has 2 unspecified atom stereocenters. The van der Waals surface area contributed by atoms with Gasteiger partial charge in [0, 0.05) is 31.4 Å². The van der Waals surface area contributed by atoms with Crippen LogP contribution in [0.15, 0.2) is 24.3 Å². The number of anilines is 1. The fourth-order valence-corrected chi connectivity index (χ4v) is 3.78. The summed E-state index contributed by atoms with van der Waals surface area (Å²) in [6.07, 6.45) is 6.98. The molecule has 1 heterocycles. The Morgan fingerprint density at radius 2 is 2.16 bits per heavy atom. The molecule has 0 spiro atoms. The number of para-hydroxylation sites is 1. The van der Waals surface area contributed by atoms with Crippen LogP contribution in [0.1, 0.15) is 44.6 Å². The molecule has 2 atom stereocenters. The van der Waals surface area contributed by atoms with E-state index in [1.165, 1.54) is 43.4 Å². The Hall–Kier alpha value is -1.02. The van der Waals surface area contributed by atoms with Crippen LogP contribution in [0.4, 0.5) is 5.69 Å². The number of hydrogen-bond acceptors (Lipinski definition) is 2. The standard InChI is InChI=1S/C17H26N2/c1-2-14-6-5-8-16(12-14)19-11-10-18-13-15-7-3-4-9-17(15)19/h3-4,7,9,14,16,18H,2,5-6,8,10-13H2,1H3. The maximum absolute atomic E-state index is 3.56. The summed E-state index contributed by atoms with van der Waals surface area (Å²) in [4.78, 5) is 2.69. The Kier molecular flexibility index (Phi) is 4.07. The highest BCUT2D eigenvalue weighted by molar-refractivity contribution is 5.55. The van der Waals surface area contributed by atoms with Crippen molar-refractivity contribution in [1.82, 2.24) is 5.32 Å². The molecule has 0 bridgehead atoms. The Morgan fingerprint density at radius 1 is 1.26 bits per heavy atom. The van der Waals surface area contributed by atoms with Crippen molar-refractivity contribution in [3.63, 3.8) is 0 Å². The van der Waals surface area contributed by atoms with E-state index >= 15 is 0 Å². The largest absolute Gasteiger partial charge is 0.367 e. The Morgan fingerprint density at radius 3 is 3.05 bits per heavy atom. The average Bonchev–Trinajstić information content (AvgIpc) is 2.69. The molecular formula is C17H26N2. The summed E-state index contributed by atoms with van der Waals surface area (Å²) >= 11 is 0. The summed E-state index contributed by atoms with van der Waals surface area (Å²) in [5.41, 5.74) is 2.95. The summed E-state index contributed by atoms with van der Waals surface area (Å²) in [6.45, 7) is 5.65. The van der Waals surface area contributed by atoms with E-state index in [0.29, 0.717) is 0 Å². The molecule has 104 valence electrons. The lowest BCUT2D eigenvalue weighted by Gasteiger charge is -2.39. The van der Waals surface area contributed by atoms with Crippen molar-refractivity contribution in [2.24, 2.45) is 5.92 Å². The number of nitrogens with zero attached hydrogens (tertiary/aromatic N) is 1. The van der Waals surface area contributed by atoms with Gasteiger partial charge in [0.15, 0.2) is 0 Å².